The molecule has 1 aromatic heterocycles. The van der Waals surface area contributed by atoms with E-state index in [0.717, 1.165) is 6.42 Å². The summed E-state index contributed by atoms with van der Waals surface area (Å²) in [5.41, 5.74) is 0.856. The lowest BCUT2D eigenvalue weighted by molar-refractivity contribution is -0.117. The largest absolute Gasteiger partial charge is 0.335 e. The number of rotatable bonds is 3. The van der Waals surface area contributed by atoms with E-state index in [1.54, 1.807) is 34.2 Å². The quantitative estimate of drug-likeness (QED) is 0.795. The number of nitrogens with zero attached hydrogens (tertiary/aromatic N) is 4. The highest BCUT2D eigenvalue weighted by molar-refractivity contribution is 5.99. The van der Waals surface area contributed by atoms with Crippen molar-refractivity contribution in [2.24, 2.45) is 0 Å². The average molecular weight is 396 g/mol. The van der Waals surface area contributed by atoms with Crippen molar-refractivity contribution in [2.75, 3.05) is 37.6 Å². The summed E-state index contributed by atoms with van der Waals surface area (Å²) in [5.74, 6) is -1.24. The van der Waals surface area contributed by atoms with Gasteiger partial charge in [-0.3, -0.25) is 19.4 Å². The Morgan fingerprint density at radius 1 is 0.931 bits per heavy atom. The number of aromatic nitrogens is 1. The molecule has 29 heavy (non-hydrogen) atoms. The molecule has 1 aromatic carbocycles. The van der Waals surface area contributed by atoms with Gasteiger partial charge in [0.25, 0.3) is 11.8 Å². The first-order chi connectivity index (χ1) is 14.0. The van der Waals surface area contributed by atoms with E-state index >= 15 is 0 Å². The zero-order valence-corrected chi connectivity index (χ0v) is 15.9. The Morgan fingerprint density at radius 3 is 2.28 bits per heavy atom. The van der Waals surface area contributed by atoms with Crippen molar-refractivity contribution in [1.29, 1.82) is 0 Å². The number of halogens is 1. The molecular weight excluding hydrogens is 375 g/mol. The highest BCUT2D eigenvalue weighted by Crippen LogP contribution is 2.25. The fourth-order valence-corrected chi connectivity index (χ4v) is 3.70. The summed E-state index contributed by atoms with van der Waals surface area (Å²) >= 11 is 0. The third-order valence-corrected chi connectivity index (χ3v) is 5.30. The Kier molecular flexibility index (Phi) is 5.24. The summed E-state index contributed by atoms with van der Waals surface area (Å²) in [6, 6.07) is 9.35. The number of amides is 3. The molecule has 2 aliphatic rings. The van der Waals surface area contributed by atoms with Crippen LogP contribution in [-0.2, 0) is 4.79 Å². The van der Waals surface area contributed by atoms with Crippen LogP contribution in [0.25, 0.3) is 0 Å². The first kappa shape index (κ1) is 19.0. The molecule has 7 nitrogen and oxygen atoms in total. The van der Waals surface area contributed by atoms with Crippen molar-refractivity contribution >= 4 is 23.4 Å². The van der Waals surface area contributed by atoms with Crippen LogP contribution in [0.3, 0.4) is 0 Å². The van der Waals surface area contributed by atoms with Gasteiger partial charge < -0.3 is 14.7 Å². The second kappa shape index (κ2) is 7.98. The van der Waals surface area contributed by atoms with E-state index in [-0.39, 0.29) is 17.4 Å². The number of carbonyl (C=O) groups excluding carboxylic acids is 3. The second-order valence-electron chi connectivity index (χ2n) is 7.11. The predicted octanol–water partition coefficient (Wildman–Crippen LogP) is 1.95. The maximum atomic E-state index is 14.4. The van der Waals surface area contributed by atoms with Crippen LogP contribution in [0.1, 0.15) is 33.7 Å². The van der Waals surface area contributed by atoms with Gasteiger partial charge in [0.05, 0.1) is 5.56 Å². The third kappa shape index (κ3) is 3.83. The van der Waals surface area contributed by atoms with Crippen molar-refractivity contribution in [3.05, 3.63) is 59.7 Å². The fraction of sp³-hybridized carbons (Fsp3) is 0.333. The Morgan fingerprint density at radius 2 is 1.66 bits per heavy atom. The van der Waals surface area contributed by atoms with Crippen molar-refractivity contribution in [2.45, 2.75) is 12.8 Å². The van der Waals surface area contributed by atoms with Gasteiger partial charge >= 0.3 is 0 Å². The molecule has 8 heteroatoms. The number of piperazine rings is 1. The Bertz CT molecular complexity index is 942. The number of benzene rings is 1. The van der Waals surface area contributed by atoms with Crippen LogP contribution < -0.4 is 4.90 Å². The molecular formula is C21H21FN4O3. The summed E-state index contributed by atoms with van der Waals surface area (Å²) in [4.78, 5) is 46.2. The van der Waals surface area contributed by atoms with Crippen molar-refractivity contribution in [3.8, 4) is 0 Å². The Labute approximate surface area is 167 Å². The molecule has 3 heterocycles. The first-order valence-electron chi connectivity index (χ1n) is 9.64. The van der Waals surface area contributed by atoms with Gasteiger partial charge in [-0.05, 0) is 36.8 Å². The van der Waals surface area contributed by atoms with Crippen LogP contribution in [0.4, 0.5) is 10.1 Å². The minimum absolute atomic E-state index is 0.0170. The zero-order valence-electron chi connectivity index (χ0n) is 15.9. The molecule has 4 rings (SSSR count). The molecule has 0 radical (unpaired) electrons. The van der Waals surface area contributed by atoms with Gasteiger partial charge in [0.1, 0.15) is 11.5 Å². The number of pyridine rings is 1. The molecule has 150 valence electrons. The summed E-state index contributed by atoms with van der Waals surface area (Å²) in [6.07, 6.45) is 2.78. The molecule has 0 unspecified atom stereocenters. The van der Waals surface area contributed by atoms with Crippen molar-refractivity contribution in [3.63, 3.8) is 0 Å². The Balaban J connectivity index is 1.44. The van der Waals surface area contributed by atoms with Crippen molar-refractivity contribution < 1.29 is 18.8 Å². The lowest BCUT2D eigenvalue weighted by Gasteiger charge is -2.34. The monoisotopic (exact) mass is 396 g/mol. The third-order valence-electron chi connectivity index (χ3n) is 5.30. The molecule has 3 amide bonds. The van der Waals surface area contributed by atoms with E-state index in [9.17, 15) is 18.8 Å². The second-order valence-corrected chi connectivity index (χ2v) is 7.11. The topological polar surface area (TPSA) is 73.8 Å². The maximum absolute atomic E-state index is 14.4. The number of hydrogen-bond acceptors (Lipinski definition) is 4. The van der Waals surface area contributed by atoms with E-state index in [1.807, 2.05) is 0 Å². The van der Waals surface area contributed by atoms with Gasteiger partial charge in [0.15, 0.2) is 0 Å². The number of hydrogen-bond donors (Lipinski definition) is 0. The highest BCUT2D eigenvalue weighted by Gasteiger charge is 2.29. The summed E-state index contributed by atoms with van der Waals surface area (Å²) < 4.78 is 14.4. The van der Waals surface area contributed by atoms with Crippen LogP contribution in [0.15, 0.2) is 42.6 Å². The molecule has 2 saturated heterocycles. The number of anilines is 1. The van der Waals surface area contributed by atoms with E-state index in [4.69, 9.17) is 0 Å². The first-order valence-corrected chi connectivity index (χ1v) is 9.64. The summed E-state index contributed by atoms with van der Waals surface area (Å²) in [5, 5.41) is 0. The van der Waals surface area contributed by atoms with E-state index in [2.05, 4.69) is 4.98 Å². The maximum Gasteiger partial charge on any atom is 0.272 e. The fourth-order valence-electron chi connectivity index (χ4n) is 3.70. The highest BCUT2D eigenvalue weighted by atomic mass is 19.1. The van der Waals surface area contributed by atoms with Crippen LogP contribution in [0.5, 0.6) is 0 Å². The van der Waals surface area contributed by atoms with Crippen LogP contribution in [-0.4, -0.2) is 65.2 Å². The standard InChI is InChI=1S/C21H21FN4O3/c22-17-7-6-15(26-9-3-5-19(26)27)14-16(17)20(28)24-10-12-25(13-11-24)21(29)18-4-1-2-8-23-18/h1-2,4,6-8,14H,3,5,9-13H2. The summed E-state index contributed by atoms with van der Waals surface area (Å²) in [7, 11) is 0. The van der Waals surface area contributed by atoms with Crippen LogP contribution in [0, 0.1) is 5.82 Å². The molecule has 2 fully saturated rings. The lowest BCUT2D eigenvalue weighted by atomic mass is 10.1. The molecule has 2 aromatic rings. The summed E-state index contributed by atoms with van der Waals surface area (Å²) in [6.45, 7) is 1.90. The van der Waals surface area contributed by atoms with E-state index < -0.39 is 11.7 Å². The molecule has 0 saturated carbocycles. The minimum atomic E-state index is -0.614. The minimum Gasteiger partial charge on any atom is -0.335 e. The van der Waals surface area contributed by atoms with Crippen LogP contribution in [0.2, 0.25) is 0 Å². The zero-order chi connectivity index (χ0) is 20.4. The van der Waals surface area contributed by atoms with Gasteiger partial charge in [-0.15, -0.1) is 0 Å². The van der Waals surface area contributed by atoms with Gasteiger partial charge in [0.2, 0.25) is 5.91 Å². The van der Waals surface area contributed by atoms with Gasteiger partial charge in [-0.1, -0.05) is 6.07 Å². The Hall–Kier alpha value is -3.29. The molecule has 0 bridgehead atoms. The predicted molar refractivity (Wildman–Crippen MR) is 104 cm³/mol. The van der Waals surface area contributed by atoms with E-state index in [0.29, 0.717) is 50.5 Å². The lowest BCUT2D eigenvalue weighted by Crippen LogP contribution is -2.50. The molecule has 0 spiro atoms. The van der Waals surface area contributed by atoms with Crippen molar-refractivity contribution in [1.82, 2.24) is 14.8 Å². The molecule has 0 atom stereocenters. The normalized spacial score (nSPS) is 17.0. The SMILES string of the molecule is O=C(c1ccccn1)N1CCN(C(=O)c2cc(N3CCCC3=O)ccc2F)CC1. The van der Waals surface area contributed by atoms with Gasteiger partial charge in [-0.2, -0.15) is 0 Å². The van der Waals surface area contributed by atoms with Gasteiger partial charge in [-0.25, -0.2) is 4.39 Å². The molecule has 2 aliphatic heterocycles. The average Bonchev–Trinajstić information content (AvgIpc) is 3.20. The molecule has 0 N–H and O–H groups in total. The van der Waals surface area contributed by atoms with Crippen LogP contribution >= 0.6 is 0 Å². The van der Waals surface area contributed by atoms with Gasteiger partial charge in [0, 0.05) is 51.0 Å². The smallest absolute Gasteiger partial charge is 0.272 e. The molecule has 0 aliphatic carbocycles. The number of carbonyl (C=O) groups is 3. The van der Waals surface area contributed by atoms with E-state index in [1.165, 1.54) is 23.1 Å².